The number of nitrogens with zero attached hydrogens (tertiary/aromatic N) is 3. The summed E-state index contributed by atoms with van der Waals surface area (Å²) in [6, 6.07) is 8.83. The zero-order chi connectivity index (χ0) is 22.9. The van der Waals surface area contributed by atoms with Gasteiger partial charge in [-0.25, -0.2) is 0 Å². The van der Waals surface area contributed by atoms with Crippen LogP contribution in [0.3, 0.4) is 0 Å². The number of amides is 3. The first-order valence-electron chi connectivity index (χ1n) is 11.0. The van der Waals surface area contributed by atoms with Crippen LogP contribution in [0.2, 0.25) is 5.02 Å². The van der Waals surface area contributed by atoms with Crippen molar-refractivity contribution >= 4 is 29.3 Å². The van der Waals surface area contributed by atoms with Crippen LogP contribution in [-0.4, -0.2) is 50.5 Å². The molecule has 0 spiro atoms. The highest BCUT2D eigenvalue weighted by atomic mass is 35.5. The molecule has 2 heterocycles. The molecule has 2 N–H and O–H groups in total. The van der Waals surface area contributed by atoms with E-state index in [1.165, 1.54) is 10.7 Å². The first-order chi connectivity index (χ1) is 15.3. The van der Waals surface area contributed by atoms with Gasteiger partial charge < -0.3 is 15.5 Å². The number of halogens is 1. The third-order valence-electron chi connectivity index (χ3n) is 6.39. The number of carbonyl (C=O) groups is 3. The fourth-order valence-electron chi connectivity index (χ4n) is 4.53. The fourth-order valence-corrected chi connectivity index (χ4v) is 4.66. The third kappa shape index (κ3) is 4.24. The monoisotopic (exact) mass is 457 g/mol. The molecule has 2 aromatic rings. The quantitative estimate of drug-likeness (QED) is 0.697. The van der Waals surface area contributed by atoms with E-state index in [1.807, 2.05) is 19.1 Å². The number of hydrogen-bond acceptors (Lipinski definition) is 4. The maximum Gasteiger partial charge on any atom is 0.273 e. The Morgan fingerprint density at radius 2 is 1.91 bits per heavy atom. The normalized spacial score (nSPS) is 20.8. The van der Waals surface area contributed by atoms with Crippen molar-refractivity contribution in [3.63, 3.8) is 0 Å². The number of benzene rings is 1. The standard InChI is InChI=1S/C23H28ClN5O3/c1-3-28-21(31)19-12-18(20(30)25-13-15-8-10-16(24)11-9-15)27-29(19)14-23(28,2)22(32)26-17-6-4-5-7-17/h8-12,17H,3-7,13-14H2,1-2H3,(H,25,30)(H,26,32). The number of rotatable bonds is 6. The van der Waals surface area contributed by atoms with Gasteiger partial charge in [-0.3, -0.25) is 19.1 Å². The summed E-state index contributed by atoms with van der Waals surface area (Å²) in [6.07, 6.45) is 4.14. The number of fused-ring (bicyclic) bond motifs is 1. The largest absolute Gasteiger partial charge is 0.351 e. The highest BCUT2D eigenvalue weighted by Crippen LogP contribution is 2.28. The van der Waals surface area contributed by atoms with E-state index in [4.69, 9.17) is 11.6 Å². The SMILES string of the molecule is CCN1C(=O)c2cc(C(=O)NCc3ccc(Cl)cc3)nn2CC1(C)C(=O)NC1CCCC1. The predicted molar refractivity (Wildman–Crippen MR) is 120 cm³/mol. The first-order valence-corrected chi connectivity index (χ1v) is 11.4. The van der Waals surface area contributed by atoms with Crippen molar-refractivity contribution in [1.29, 1.82) is 0 Å². The molecular weight excluding hydrogens is 430 g/mol. The van der Waals surface area contributed by atoms with E-state index in [-0.39, 0.29) is 36.0 Å². The number of likely N-dealkylation sites (N-methyl/N-ethyl adjacent to an activating group) is 1. The summed E-state index contributed by atoms with van der Waals surface area (Å²) < 4.78 is 1.49. The molecule has 1 atom stereocenters. The summed E-state index contributed by atoms with van der Waals surface area (Å²) in [5.41, 5.74) is 0.300. The van der Waals surface area contributed by atoms with Gasteiger partial charge in [0.25, 0.3) is 11.8 Å². The maximum absolute atomic E-state index is 13.2. The van der Waals surface area contributed by atoms with Crippen LogP contribution in [0.25, 0.3) is 0 Å². The van der Waals surface area contributed by atoms with Crippen molar-refractivity contribution < 1.29 is 14.4 Å². The first kappa shape index (κ1) is 22.3. The average molecular weight is 458 g/mol. The molecule has 0 saturated heterocycles. The number of nitrogens with one attached hydrogen (secondary N) is 2. The van der Waals surface area contributed by atoms with Gasteiger partial charge in [-0.2, -0.15) is 5.10 Å². The molecule has 1 fully saturated rings. The molecule has 4 rings (SSSR count). The molecule has 32 heavy (non-hydrogen) atoms. The van der Waals surface area contributed by atoms with Crippen molar-refractivity contribution in [2.75, 3.05) is 6.54 Å². The lowest BCUT2D eigenvalue weighted by Crippen LogP contribution is -2.64. The minimum atomic E-state index is -1.06. The van der Waals surface area contributed by atoms with Crippen LogP contribution >= 0.6 is 11.6 Å². The molecular formula is C23H28ClN5O3. The van der Waals surface area contributed by atoms with Crippen molar-refractivity contribution in [2.24, 2.45) is 0 Å². The Bertz CT molecular complexity index is 1030. The summed E-state index contributed by atoms with van der Waals surface area (Å²) in [5, 5.41) is 10.9. The average Bonchev–Trinajstić information content (AvgIpc) is 3.43. The molecule has 1 aromatic heterocycles. The van der Waals surface area contributed by atoms with Crippen molar-refractivity contribution in [3.05, 3.63) is 52.3 Å². The van der Waals surface area contributed by atoms with Crippen LogP contribution in [0.4, 0.5) is 0 Å². The smallest absolute Gasteiger partial charge is 0.273 e. The van der Waals surface area contributed by atoms with Gasteiger partial charge in [0.2, 0.25) is 5.91 Å². The predicted octanol–water partition coefficient (Wildman–Crippen LogP) is 2.76. The molecule has 1 aromatic carbocycles. The van der Waals surface area contributed by atoms with E-state index >= 15 is 0 Å². The molecule has 8 nitrogen and oxygen atoms in total. The van der Waals surface area contributed by atoms with Gasteiger partial charge in [0.05, 0.1) is 6.54 Å². The zero-order valence-electron chi connectivity index (χ0n) is 18.4. The molecule has 1 unspecified atom stereocenters. The molecule has 0 radical (unpaired) electrons. The summed E-state index contributed by atoms with van der Waals surface area (Å²) in [7, 11) is 0. The molecule has 9 heteroatoms. The molecule has 0 bridgehead atoms. The summed E-state index contributed by atoms with van der Waals surface area (Å²) in [6.45, 7) is 4.52. The second-order valence-corrected chi connectivity index (χ2v) is 9.10. The Morgan fingerprint density at radius 3 is 2.56 bits per heavy atom. The fraction of sp³-hybridized carbons (Fsp3) is 0.478. The highest BCUT2D eigenvalue weighted by Gasteiger charge is 2.48. The van der Waals surface area contributed by atoms with Gasteiger partial charge >= 0.3 is 0 Å². The van der Waals surface area contributed by atoms with Gasteiger partial charge in [0, 0.05) is 30.2 Å². The van der Waals surface area contributed by atoms with Crippen molar-refractivity contribution in [1.82, 2.24) is 25.3 Å². The molecule has 3 amide bonds. The topological polar surface area (TPSA) is 96.3 Å². The van der Waals surface area contributed by atoms with E-state index in [0.717, 1.165) is 31.2 Å². The lowest BCUT2D eigenvalue weighted by Gasteiger charge is -2.43. The van der Waals surface area contributed by atoms with Crippen LogP contribution in [0, 0.1) is 0 Å². The van der Waals surface area contributed by atoms with Gasteiger partial charge in [0.15, 0.2) is 5.69 Å². The second-order valence-electron chi connectivity index (χ2n) is 8.66. The Labute approximate surface area is 192 Å². The number of aromatic nitrogens is 2. The lowest BCUT2D eigenvalue weighted by atomic mass is 9.94. The Kier molecular flexibility index (Phi) is 6.24. The lowest BCUT2D eigenvalue weighted by molar-refractivity contribution is -0.133. The second kappa shape index (κ2) is 8.94. The van der Waals surface area contributed by atoms with Crippen LogP contribution in [-0.2, 0) is 17.9 Å². The van der Waals surface area contributed by atoms with Crippen LogP contribution < -0.4 is 10.6 Å². The van der Waals surface area contributed by atoms with Gasteiger partial charge in [-0.1, -0.05) is 36.6 Å². The molecule has 1 saturated carbocycles. The minimum absolute atomic E-state index is 0.152. The van der Waals surface area contributed by atoms with Gasteiger partial charge in [-0.05, 0) is 44.4 Å². The van der Waals surface area contributed by atoms with Gasteiger partial charge in [0.1, 0.15) is 11.2 Å². The van der Waals surface area contributed by atoms with Gasteiger partial charge in [-0.15, -0.1) is 0 Å². The Hall–Kier alpha value is -2.87. The molecule has 1 aliphatic heterocycles. The van der Waals surface area contributed by atoms with Crippen molar-refractivity contribution in [3.8, 4) is 0 Å². The van der Waals surface area contributed by atoms with Crippen LogP contribution in [0.1, 0.15) is 66.1 Å². The molecule has 1 aliphatic carbocycles. The zero-order valence-corrected chi connectivity index (χ0v) is 19.1. The van der Waals surface area contributed by atoms with E-state index in [9.17, 15) is 14.4 Å². The molecule has 170 valence electrons. The summed E-state index contributed by atoms with van der Waals surface area (Å²) in [5.74, 6) is -0.851. The van der Waals surface area contributed by atoms with Crippen molar-refractivity contribution in [2.45, 2.75) is 64.2 Å². The Balaban J connectivity index is 1.51. The van der Waals surface area contributed by atoms with Crippen LogP contribution in [0.15, 0.2) is 30.3 Å². The Morgan fingerprint density at radius 1 is 1.22 bits per heavy atom. The van der Waals surface area contributed by atoms with Crippen LogP contribution in [0.5, 0.6) is 0 Å². The number of carbonyl (C=O) groups excluding carboxylic acids is 3. The summed E-state index contributed by atoms with van der Waals surface area (Å²) in [4.78, 5) is 40.6. The maximum atomic E-state index is 13.2. The third-order valence-corrected chi connectivity index (χ3v) is 6.64. The van der Waals surface area contributed by atoms with E-state index in [2.05, 4.69) is 15.7 Å². The highest BCUT2D eigenvalue weighted by molar-refractivity contribution is 6.30. The molecule has 2 aliphatic rings. The van der Waals surface area contributed by atoms with E-state index < -0.39 is 5.54 Å². The number of hydrogen-bond donors (Lipinski definition) is 2. The minimum Gasteiger partial charge on any atom is -0.351 e. The van der Waals surface area contributed by atoms with E-state index in [0.29, 0.717) is 23.8 Å². The summed E-state index contributed by atoms with van der Waals surface area (Å²) >= 11 is 5.89. The van der Waals surface area contributed by atoms with E-state index in [1.54, 1.807) is 24.0 Å².